The highest BCUT2D eigenvalue weighted by Gasteiger charge is 2.22. The first-order chi connectivity index (χ1) is 4.84. The van der Waals surface area contributed by atoms with Gasteiger partial charge in [-0.1, -0.05) is 0 Å². The molecule has 1 aliphatic rings. The zero-order chi connectivity index (χ0) is 6.97. The maximum atomic E-state index is 5.13. The Bertz CT molecular complexity index is 225. The fourth-order valence-electron chi connectivity index (χ4n) is 1.05. The van der Waals surface area contributed by atoms with Crippen molar-refractivity contribution < 1.29 is 4.74 Å². The maximum Gasteiger partial charge on any atom is 0.0850 e. The Morgan fingerprint density at radius 1 is 1.80 bits per heavy atom. The van der Waals surface area contributed by atoms with E-state index in [0.29, 0.717) is 6.10 Å². The predicted molar refractivity (Wildman–Crippen MR) is 42.5 cm³/mol. The van der Waals surface area contributed by atoms with E-state index in [-0.39, 0.29) is 0 Å². The van der Waals surface area contributed by atoms with E-state index in [0.717, 1.165) is 13.0 Å². The normalized spacial score (nSPS) is 23.1. The van der Waals surface area contributed by atoms with Gasteiger partial charge < -0.3 is 4.74 Å². The van der Waals surface area contributed by atoms with E-state index < -0.39 is 0 Å². The maximum absolute atomic E-state index is 5.13. The molecule has 1 fully saturated rings. The molecule has 54 valence electrons. The number of aryl methyl sites for hydroxylation is 1. The van der Waals surface area contributed by atoms with Crippen molar-refractivity contribution >= 4 is 11.3 Å². The fraction of sp³-hybridized carbons (Fsp3) is 0.500. The quantitative estimate of drug-likeness (QED) is 0.593. The molecule has 2 heterocycles. The van der Waals surface area contributed by atoms with Crippen LogP contribution in [0.3, 0.4) is 0 Å². The van der Waals surface area contributed by atoms with Crippen LogP contribution < -0.4 is 0 Å². The molecule has 0 spiro atoms. The van der Waals surface area contributed by atoms with Crippen LogP contribution in [0.2, 0.25) is 0 Å². The molecular formula is C8H10OS. The van der Waals surface area contributed by atoms with Crippen LogP contribution in [0.15, 0.2) is 11.4 Å². The summed E-state index contributed by atoms with van der Waals surface area (Å²) in [7, 11) is 0. The summed E-state index contributed by atoms with van der Waals surface area (Å²) >= 11 is 1.82. The Hall–Kier alpha value is -0.340. The Kier molecular flexibility index (Phi) is 1.51. The molecule has 10 heavy (non-hydrogen) atoms. The summed E-state index contributed by atoms with van der Waals surface area (Å²) in [5.74, 6) is 0. The van der Waals surface area contributed by atoms with Crippen molar-refractivity contribution in [2.75, 3.05) is 6.61 Å². The van der Waals surface area contributed by atoms with Crippen LogP contribution in [0.5, 0.6) is 0 Å². The number of hydrogen-bond acceptors (Lipinski definition) is 2. The Morgan fingerprint density at radius 3 is 3.10 bits per heavy atom. The van der Waals surface area contributed by atoms with Crippen LogP contribution in [0, 0.1) is 6.92 Å². The van der Waals surface area contributed by atoms with Crippen molar-refractivity contribution in [1.29, 1.82) is 0 Å². The number of hydrogen-bond donors (Lipinski definition) is 0. The smallest absolute Gasteiger partial charge is 0.0850 e. The molecule has 1 saturated heterocycles. The number of thiophene rings is 1. The van der Waals surface area contributed by atoms with Gasteiger partial charge >= 0.3 is 0 Å². The molecule has 0 bridgehead atoms. The second-order valence-electron chi connectivity index (χ2n) is 2.73. The lowest BCUT2D eigenvalue weighted by Gasteiger charge is -1.87. The second kappa shape index (κ2) is 2.36. The Morgan fingerprint density at radius 2 is 2.60 bits per heavy atom. The average molecular weight is 154 g/mol. The third kappa shape index (κ3) is 1.39. The average Bonchev–Trinajstić information content (AvgIpc) is 2.59. The molecule has 0 aromatic carbocycles. The van der Waals surface area contributed by atoms with E-state index in [2.05, 4.69) is 18.4 Å². The largest absolute Gasteiger partial charge is 0.373 e. The van der Waals surface area contributed by atoms with Gasteiger partial charge in [0.1, 0.15) is 0 Å². The van der Waals surface area contributed by atoms with E-state index in [1.807, 2.05) is 11.3 Å². The van der Waals surface area contributed by atoms with E-state index in [1.54, 1.807) is 0 Å². The Labute approximate surface area is 64.6 Å². The summed E-state index contributed by atoms with van der Waals surface area (Å²) < 4.78 is 5.13. The lowest BCUT2D eigenvalue weighted by atomic mass is 10.2. The summed E-state index contributed by atoms with van der Waals surface area (Å²) in [4.78, 5) is 1.40. The molecule has 1 aromatic rings. The third-order valence-corrected chi connectivity index (χ3v) is 2.56. The van der Waals surface area contributed by atoms with Crippen LogP contribution >= 0.6 is 11.3 Å². The summed E-state index contributed by atoms with van der Waals surface area (Å²) in [6.07, 6.45) is 1.65. The number of ether oxygens (including phenoxy) is 1. The van der Waals surface area contributed by atoms with E-state index in [4.69, 9.17) is 4.74 Å². The molecule has 0 amide bonds. The summed E-state index contributed by atoms with van der Waals surface area (Å²) in [6.45, 7) is 3.11. The topological polar surface area (TPSA) is 12.5 Å². The minimum absolute atomic E-state index is 0.536. The Balaban J connectivity index is 2.03. The molecule has 0 saturated carbocycles. The van der Waals surface area contributed by atoms with E-state index >= 15 is 0 Å². The minimum Gasteiger partial charge on any atom is -0.373 e. The first-order valence-corrected chi connectivity index (χ1v) is 4.38. The molecular weight excluding hydrogens is 144 g/mol. The predicted octanol–water partition coefficient (Wildman–Crippen LogP) is 2.00. The van der Waals surface area contributed by atoms with Crippen molar-refractivity contribution in [3.8, 4) is 0 Å². The monoisotopic (exact) mass is 154 g/mol. The molecule has 1 aliphatic heterocycles. The van der Waals surface area contributed by atoms with Gasteiger partial charge in [0.15, 0.2) is 0 Å². The van der Waals surface area contributed by atoms with Gasteiger partial charge in [-0.05, 0) is 23.9 Å². The van der Waals surface area contributed by atoms with Crippen LogP contribution in [-0.4, -0.2) is 12.7 Å². The fourth-order valence-corrected chi connectivity index (χ4v) is 1.77. The van der Waals surface area contributed by atoms with Crippen LogP contribution in [0.1, 0.15) is 10.4 Å². The molecule has 0 radical (unpaired) electrons. The highest BCUT2D eigenvalue weighted by Crippen LogP contribution is 2.20. The van der Waals surface area contributed by atoms with Crippen molar-refractivity contribution in [3.05, 3.63) is 21.9 Å². The van der Waals surface area contributed by atoms with Gasteiger partial charge in [-0.3, -0.25) is 0 Å². The van der Waals surface area contributed by atoms with Gasteiger partial charge in [-0.15, -0.1) is 11.3 Å². The summed E-state index contributed by atoms with van der Waals surface area (Å²) in [6, 6.07) is 2.24. The highest BCUT2D eigenvalue weighted by atomic mass is 32.1. The van der Waals surface area contributed by atoms with Crippen molar-refractivity contribution in [1.82, 2.24) is 0 Å². The molecule has 2 rings (SSSR count). The van der Waals surface area contributed by atoms with Crippen LogP contribution in [-0.2, 0) is 11.2 Å². The second-order valence-corrected chi connectivity index (χ2v) is 3.84. The lowest BCUT2D eigenvalue weighted by molar-refractivity contribution is 0.408. The summed E-state index contributed by atoms with van der Waals surface area (Å²) in [5.41, 5.74) is 1.44. The zero-order valence-electron chi connectivity index (χ0n) is 5.96. The standard InChI is InChI=1S/C8H10OS/c1-6-2-7(5-10-6)3-8-4-9-8/h2,5,8H,3-4H2,1H3. The molecule has 1 atom stereocenters. The molecule has 1 aromatic heterocycles. The summed E-state index contributed by atoms with van der Waals surface area (Å²) in [5, 5.41) is 2.22. The molecule has 0 N–H and O–H groups in total. The van der Waals surface area contributed by atoms with Crippen molar-refractivity contribution in [3.63, 3.8) is 0 Å². The molecule has 0 aliphatic carbocycles. The molecule has 1 nitrogen and oxygen atoms in total. The first kappa shape index (κ1) is 6.38. The number of epoxide rings is 1. The van der Waals surface area contributed by atoms with Gasteiger partial charge in [0.25, 0.3) is 0 Å². The lowest BCUT2D eigenvalue weighted by Crippen LogP contribution is -1.89. The third-order valence-electron chi connectivity index (χ3n) is 1.65. The van der Waals surface area contributed by atoms with Gasteiger partial charge in [0, 0.05) is 11.3 Å². The van der Waals surface area contributed by atoms with Gasteiger partial charge in [0.05, 0.1) is 12.7 Å². The van der Waals surface area contributed by atoms with E-state index in [1.165, 1.54) is 10.4 Å². The van der Waals surface area contributed by atoms with Crippen LogP contribution in [0.4, 0.5) is 0 Å². The van der Waals surface area contributed by atoms with Gasteiger partial charge in [0.2, 0.25) is 0 Å². The molecule has 1 unspecified atom stereocenters. The first-order valence-electron chi connectivity index (χ1n) is 3.50. The van der Waals surface area contributed by atoms with Crippen molar-refractivity contribution in [2.45, 2.75) is 19.4 Å². The van der Waals surface area contributed by atoms with E-state index in [9.17, 15) is 0 Å². The SMILES string of the molecule is Cc1cc(CC2CO2)cs1. The minimum atomic E-state index is 0.536. The zero-order valence-corrected chi connectivity index (χ0v) is 6.78. The van der Waals surface area contributed by atoms with Gasteiger partial charge in [-0.25, -0.2) is 0 Å². The van der Waals surface area contributed by atoms with Crippen molar-refractivity contribution in [2.24, 2.45) is 0 Å². The highest BCUT2D eigenvalue weighted by molar-refractivity contribution is 7.10. The number of rotatable bonds is 2. The van der Waals surface area contributed by atoms with Gasteiger partial charge in [-0.2, -0.15) is 0 Å². The molecule has 2 heteroatoms. The van der Waals surface area contributed by atoms with Crippen LogP contribution in [0.25, 0.3) is 0 Å².